The van der Waals surface area contributed by atoms with Gasteiger partial charge in [0.2, 0.25) is 16.6 Å². The van der Waals surface area contributed by atoms with Crippen molar-refractivity contribution in [1.29, 1.82) is 0 Å². The Labute approximate surface area is 180 Å². The molecular formula is C23H17N3O4S. The van der Waals surface area contributed by atoms with Crippen LogP contribution in [0.2, 0.25) is 0 Å². The summed E-state index contributed by atoms with van der Waals surface area (Å²) in [6.07, 6.45) is 7.51. The van der Waals surface area contributed by atoms with Crippen molar-refractivity contribution in [3.05, 3.63) is 94.8 Å². The van der Waals surface area contributed by atoms with Gasteiger partial charge >= 0.3 is 0 Å². The number of carbonyl (C=O) groups excluding carboxylic acids is 1. The van der Waals surface area contributed by atoms with Gasteiger partial charge in [0.05, 0.1) is 10.2 Å². The number of nitrogens with one attached hydrogen (secondary N) is 1. The number of para-hydroxylation sites is 2. The molecule has 0 saturated heterocycles. The number of fused-ring (bicyclic) bond motifs is 3. The molecule has 1 aliphatic rings. The zero-order valence-corrected chi connectivity index (χ0v) is 17.0. The average molecular weight is 431 g/mol. The van der Waals surface area contributed by atoms with Crippen molar-refractivity contribution in [2.45, 2.75) is 12.1 Å². The van der Waals surface area contributed by atoms with Gasteiger partial charge in [-0.25, -0.2) is 0 Å². The van der Waals surface area contributed by atoms with E-state index in [-0.39, 0.29) is 0 Å². The smallest absolute Gasteiger partial charge is 0.275 e. The van der Waals surface area contributed by atoms with Crippen molar-refractivity contribution in [2.75, 3.05) is 0 Å². The summed E-state index contributed by atoms with van der Waals surface area (Å²) in [4.78, 5) is 30.8. The van der Waals surface area contributed by atoms with Gasteiger partial charge in [-0.15, -0.1) is 0 Å². The molecule has 8 heteroatoms. The lowest BCUT2D eigenvalue weighted by atomic mass is 10.0. The van der Waals surface area contributed by atoms with E-state index >= 15 is 0 Å². The van der Waals surface area contributed by atoms with E-state index in [9.17, 15) is 14.7 Å². The third-order valence-electron chi connectivity index (χ3n) is 4.97. The SMILES string of the molecule is O=C(NC1(Oc2ccccc2)C=CC=CC1)c1c(O)nc2sc3ccccc3n2c1=O. The number of amides is 1. The molecule has 1 aliphatic carbocycles. The lowest BCUT2D eigenvalue weighted by Crippen LogP contribution is -2.52. The number of benzene rings is 2. The summed E-state index contributed by atoms with van der Waals surface area (Å²) in [7, 11) is 0. The van der Waals surface area contributed by atoms with Crippen molar-refractivity contribution in [3.63, 3.8) is 0 Å². The summed E-state index contributed by atoms with van der Waals surface area (Å²) >= 11 is 1.26. The lowest BCUT2D eigenvalue weighted by molar-refractivity contribution is 0.0603. The number of hydrogen-bond acceptors (Lipinski definition) is 6. The fourth-order valence-corrected chi connectivity index (χ4v) is 4.56. The van der Waals surface area contributed by atoms with Crippen LogP contribution in [-0.4, -0.2) is 26.1 Å². The number of rotatable bonds is 4. The Kier molecular flexibility index (Phi) is 4.56. The Morgan fingerprint density at radius 2 is 1.90 bits per heavy atom. The van der Waals surface area contributed by atoms with Crippen LogP contribution in [0.25, 0.3) is 15.2 Å². The maximum absolute atomic E-state index is 13.2. The van der Waals surface area contributed by atoms with E-state index in [0.29, 0.717) is 22.6 Å². The highest BCUT2D eigenvalue weighted by molar-refractivity contribution is 7.23. The summed E-state index contributed by atoms with van der Waals surface area (Å²) < 4.78 is 8.25. The summed E-state index contributed by atoms with van der Waals surface area (Å²) in [6.45, 7) is 0. The molecule has 0 fully saturated rings. The largest absolute Gasteiger partial charge is 0.492 e. The molecule has 2 N–H and O–H groups in total. The molecule has 2 heterocycles. The van der Waals surface area contributed by atoms with E-state index in [1.54, 1.807) is 36.4 Å². The molecule has 0 saturated carbocycles. The maximum Gasteiger partial charge on any atom is 0.275 e. The normalized spacial score (nSPS) is 17.8. The average Bonchev–Trinajstić information content (AvgIpc) is 3.13. The highest BCUT2D eigenvalue weighted by Crippen LogP contribution is 2.27. The second kappa shape index (κ2) is 7.41. The third-order valence-corrected chi connectivity index (χ3v) is 5.99. The second-order valence-corrected chi connectivity index (χ2v) is 8.06. The minimum atomic E-state index is -1.21. The molecule has 4 aromatic rings. The van der Waals surface area contributed by atoms with Crippen LogP contribution in [0.3, 0.4) is 0 Å². The Morgan fingerprint density at radius 1 is 1.13 bits per heavy atom. The van der Waals surface area contributed by atoms with E-state index in [0.717, 1.165) is 4.70 Å². The molecule has 7 nitrogen and oxygen atoms in total. The number of ether oxygens (including phenoxy) is 1. The lowest BCUT2D eigenvalue weighted by Gasteiger charge is -2.33. The third kappa shape index (κ3) is 3.36. The monoisotopic (exact) mass is 431 g/mol. The van der Waals surface area contributed by atoms with Crippen molar-refractivity contribution in [1.82, 2.24) is 14.7 Å². The molecule has 0 aliphatic heterocycles. The first kappa shape index (κ1) is 19.1. The zero-order valence-electron chi connectivity index (χ0n) is 16.2. The van der Waals surface area contributed by atoms with Crippen molar-refractivity contribution >= 4 is 32.4 Å². The van der Waals surface area contributed by atoms with Crippen molar-refractivity contribution < 1.29 is 14.6 Å². The van der Waals surface area contributed by atoms with Crippen LogP contribution in [0.5, 0.6) is 11.6 Å². The fourth-order valence-electron chi connectivity index (χ4n) is 3.55. The Bertz CT molecular complexity index is 1420. The highest BCUT2D eigenvalue weighted by Gasteiger charge is 2.34. The minimum absolute atomic E-state index is 0.316. The Hall–Kier alpha value is -3.91. The number of allylic oxidation sites excluding steroid dienone is 2. The molecule has 5 rings (SSSR count). The summed E-state index contributed by atoms with van der Waals surface area (Å²) in [5.74, 6) is -0.823. The van der Waals surface area contributed by atoms with Gasteiger partial charge in [-0.05, 0) is 30.3 Å². The quantitative estimate of drug-likeness (QED) is 0.482. The standard InChI is InChI=1S/C23H17N3O4S/c27-19-18(21(29)26-16-11-5-6-12-17(16)31-22(26)24-19)20(28)25-23(13-7-2-8-14-23)30-15-9-3-1-4-10-15/h1-13,27H,14H2,(H,25,28). The molecule has 1 atom stereocenters. The first-order chi connectivity index (χ1) is 15.1. The second-order valence-electron chi connectivity index (χ2n) is 7.05. The number of aromatic hydroxyl groups is 1. The molecule has 154 valence electrons. The highest BCUT2D eigenvalue weighted by atomic mass is 32.1. The van der Waals surface area contributed by atoms with Gasteiger partial charge in [0, 0.05) is 6.42 Å². The van der Waals surface area contributed by atoms with Gasteiger partial charge in [-0.2, -0.15) is 4.98 Å². The van der Waals surface area contributed by atoms with Crippen LogP contribution in [0, 0.1) is 0 Å². The molecule has 2 aromatic heterocycles. The van der Waals surface area contributed by atoms with Crippen LogP contribution in [-0.2, 0) is 0 Å². The summed E-state index contributed by atoms with van der Waals surface area (Å²) in [6, 6.07) is 16.3. The van der Waals surface area contributed by atoms with Gasteiger partial charge in [0.1, 0.15) is 5.75 Å². The van der Waals surface area contributed by atoms with Gasteiger partial charge < -0.3 is 15.2 Å². The molecule has 31 heavy (non-hydrogen) atoms. The van der Waals surface area contributed by atoms with E-state index in [1.807, 2.05) is 42.5 Å². The molecular weight excluding hydrogens is 414 g/mol. The van der Waals surface area contributed by atoms with Gasteiger partial charge in [0.25, 0.3) is 11.5 Å². The summed E-state index contributed by atoms with van der Waals surface area (Å²) in [5, 5.41) is 13.2. The number of nitrogens with zero attached hydrogens (tertiary/aromatic N) is 2. The first-order valence-electron chi connectivity index (χ1n) is 9.60. The number of thiazole rings is 1. The van der Waals surface area contributed by atoms with Gasteiger partial charge in [-0.1, -0.05) is 59.9 Å². The molecule has 0 radical (unpaired) electrons. The zero-order chi connectivity index (χ0) is 21.4. The minimum Gasteiger partial charge on any atom is -0.492 e. The Balaban J connectivity index is 1.57. The maximum atomic E-state index is 13.2. The predicted octanol–water partition coefficient (Wildman–Crippen LogP) is 3.64. The molecule has 1 amide bonds. The van der Waals surface area contributed by atoms with Crippen LogP contribution >= 0.6 is 11.3 Å². The number of hydrogen-bond donors (Lipinski definition) is 2. The first-order valence-corrected chi connectivity index (χ1v) is 10.4. The number of carbonyl (C=O) groups is 1. The molecule has 2 aromatic carbocycles. The van der Waals surface area contributed by atoms with Crippen LogP contribution in [0.15, 0.2) is 83.7 Å². The van der Waals surface area contributed by atoms with E-state index in [1.165, 1.54) is 15.7 Å². The van der Waals surface area contributed by atoms with Crippen molar-refractivity contribution in [2.24, 2.45) is 0 Å². The van der Waals surface area contributed by atoms with Crippen molar-refractivity contribution in [3.8, 4) is 11.6 Å². The Morgan fingerprint density at radius 3 is 2.68 bits per heavy atom. The van der Waals surface area contributed by atoms with Gasteiger partial charge in [0.15, 0.2) is 5.56 Å². The van der Waals surface area contributed by atoms with Crippen LogP contribution in [0.1, 0.15) is 16.8 Å². The van der Waals surface area contributed by atoms with E-state index in [4.69, 9.17) is 4.74 Å². The van der Waals surface area contributed by atoms with E-state index in [2.05, 4.69) is 10.3 Å². The predicted molar refractivity (Wildman–Crippen MR) is 119 cm³/mol. The fraction of sp³-hybridized carbons (Fsp3) is 0.0870. The van der Waals surface area contributed by atoms with Crippen LogP contribution < -0.4 is 15.6 Å². The number of aromatic nitrogens is 2. The van der Waals surface area contributed by atoms with Crippen LogP contribution in [0.4, 0.5) is 0 Å². The molecule has 1 unspecified atom stereocenters. The summed E-state index contributed by atoms with van der Waals surface area (Å²) in [5.41, 5.74) is -1.64. The van der Waals surface area contributed by atoms with Gasteiger partial charge in [-0.3, -0.25) is 14.0 Å². The van der Waals surface area contributed by atoms with E-state index < -0.39 is 28.6 Å². The molecule has 0 bridgehead atoms. The molecule has 0 spiro atoms. The topological polar surface area (TPSA) is 92.9 Å².